The Kier molecular flexibility index (Phi) is 3.76. The Morgan fingerprint density at radius 1 is 1.24 bits per heavy atom. The van der Waals surface area contributed by atoms with E-state index in [1.54, 1.807) is 6.92 Å². The van der Waals surface area contributed by atoms with Crippen LogP contribution in [0, 0.1) is 6.92 Å². The average molecular weight is 293 g/mol. The van der Waals surface area contributed by atoms with Gasteiger partial charge >= 0.3 is 13.1 Å². The SMILES string of the molecule is COC(=O)c1c(C)c(B2OC(C)(C)C(C)(C)O2)c[nH]c1=O. The van der Waals surface area contributed by atoms with Crippen LogP contribution in [-0.4, -0.2) is 36.4 Å². The number of aromatic nitrogens is 1. The molecule has 6 nitrogen and oxygen atoms in total. The molecule has 1 saturated heterocycles. The minimum atomic E-state index is -0.674. The second-order valence-electron chi connectivity index (χ2n) is 6.15. The highest BCUT2D eigenvalue weighted by Gasteiger charge is 2.52. The third-order valence-corrected chi connectivity index (χ3v) is 4.29. The minimum Gasteiger partial charge on any atom is -0.465 e. The molecular weight excluding hydrogens is 273 g/mol. The van der Waals surface area contributed by atoms with Crippen molar-refractivity contribution in [1.29, 1.82) is 0 Å². The van der Waals surface area contributed by atoms with Crippen molar-refractivity contribution >= 4 is 18.6 Å². The van der Waals surface area contributed by atoms with E-state index in [0.29, 0.717) is 11.0 Å². The van der Waals surface area contributed by atoms with Crippen LogP contribution in [0.1, 0.15) is 43.6 Å². The molecular formula is C14H20BNO5. The van der Waals surface area contributed by atoms with Crippen LogP contribution in [0.5, 0.6) is 0 Å². The number of ether oxygens (including phenoxy) is 1. The van der Waals surface area contributed by atoms with Gasteiger partial charge < -0.3 is 19.0 Å². The van der Waals surface area contributed by atoms with E-state index in [2.05, 4.69) is 9.72 Å². The Labute approximate surface area is 123 Å². The summed E-state index contributed by atoms with van der Waals surface area (Å²) in [5.41, 5.74) is -0.376. The molecule has 1 aliphatic rings. The fraction of sp³-hybridized carbons (Fsp3) is 0.571. The van der Waals surface area contributed by atoms with Crippen molar-refractivity contribution in [3.8, 4) is 0 Å². The number of carbonyl (C=O) groups is 1. The van der Waals surface area contributed by atoms with Gasteiger partial charge in [-0.15, -0.1) is 0 Å². The molecule has 0 aromatic carbocycles. The summed E-state index contributed by atoms with van der Waals surface area (Å²) in [5, 5.41) is 0. The first-order valence-corrected chi connectivity index (χ1v) is 6.77. The average Bonchev–Trinajstić information content (AvgIpc) is 2.57. The molecule has 0 unspecified atom stereocenters. The summed E-state index contributed by atoms with van der Waals surface area (Å²) in [4.78, 5) is 26.1. The number of hydrogen-bond acceptors (Lipinski definition) is 5. The van der Waals surface area contributed by atoms with E-state index in [0.717, 1.165) is 0 Å². The second-order valence-corrected chi connectivity index (χ2v) is 6.15. The van der Waals surface area contributed by atoms with Crippen LogP contribution in [0.4, 0.5) is 0 Å². The molecule has 0 spiro atoms. The zero-order valence-corrected chi connectivity index (χ0v) is 13.2. The van der Waals surface area contributed by atoms with Gasteiger partial charge in [-0.2, -0.15) is 0 Å². The number of nitrogens with one attached hydrogen (secondary N) is 1. The number of aromatic amines is 1. The number of H-pyrrole nitrogens is 1. The van der Waals surface area contributed by atoms with Crippen LogP contribution in [0.25, 0.3) is 0 Å². The van der Waals surface area contributed by atoms with Crippen molar-refractivity contribution in [3.05, 3.63) is 27.7 Å². The predicted molar refractivity (Wildman–Crippen MR) is 78.9 cm³/mol. The largest absolute Gasteiger partial charge is 0.496 e. The van der Waals surface area contributed by atoms with E-state index in [-0.39, 0.29) is 5.56 Å². The summed E-state index contributed by atoms with van der Waals surface area (Å²) in [7, 11) is 0.595. The number of esters is 1. The van der Waals surface area contributed by atoms with Crippen molar-refractivity contribution in [2.45, 2.75) is 45.8 Å². The highest BCUT2D eigenvalue weighted by molar-refractivity contribution is 6.62. The molecule has 0 atom stereocenters. The molecule has 0 bridgehead atoms. The Morgan fingerprint density at radius 2 is 1.76 bits per heavy atom. The summed E-state index contributed by atoms with van der Waals surface area (Å²) in [6, 6.07) is 0. The van der Waals surface area contributed by atoms with Gasteiger partial charge in [-0.3, -0.25) is 4.79 Å². The molecule has 2 heterocycles. The summed E-state index contributed by atoms with van der Waals surface area (Å²) >= 11 is 0. The molecule has 0 saturated carbocycles. The maximum atomic E-state index is 11.8. The van der Waals surface area contributed by atoms with Gasteiger partial charge in [0.1, 0.15) is 5.56 Å². The first-order chi connectivity index (χ1) is 9.60. The van der Waals surface area contributed by atoms with Crippen LogP contribution >= 0.6 is 0 Å². The first-order valence-electron chi connectivity index (χ1n) is 6.77. The van der Waals surface area contributed by atoms with Gasteiger partial charge in [0.05, 0.1) is 18.3 Å². The van der Waals surface area contributed by atoms with Crippen molar-refractivity contribution < 1.29 is 18.8 Å². The molecule has 21 heavy (non-hydrogen) atoms. The fourth-order valence-corrected chi connectivity index (χ4v) is 2.20. The molecule has 1 fully saturated rings. The van der Waals surface area contributed by atoms with E-state index < -0.39 is 29.8 Å². The van der Waals surface area contributed by atoms with Crippen LogP contribution in [-0.2, 0) is 14.0 Å². The van der Waals surface area contributed by atoms with E-state index in [9.17, 15) is 9.59 Å². The maximum absolute atomic E-state index is 11.8. The molecule has 0 amide bonds. The number of carbonyl (C=O) groups excluding carboxylic acids is 1. The van der Waals surface area contributed by atoms with Gasteiger partial charge in [0, 0.05) is 11.7 Å². The van der Waals surface area contributed by atoms with Gasteiger partial charge in [0.2, 0.25) is 0 Å². The molecule has 7 heteroatoms. The Bertz CT molecular complexity index is 619. The number of hydrogen-bond donors (Lipinski definition) is 1. The molecule has 2 rings (SSSR count). The summed E-state index contributed by atoms with van der Waals surface area (Å²) in [6.07, 6.45) is 1.52. The monoisotopic (exact) mass is 293 g/mol. The number of methoxy groups -OCH3 is 1. The molecule has 0 radical (unpaired) electrons. The predicted octanol–water partition coefficient (Wildman–Crippen LogP) is 0.769. The lowest BCUT2D eigenvalue weighted by molar-refractivity contribution is 0.00578. The van der Waals surface area contributed by atoms with Crippen molar-refractivity contribution in [2.75, 3.05) is 7.11 Å². The van der Waals surface area contributed by atoms with Crippen LogP contribution in [0.15, 0.2) is 11.0 Å². The maximum Gasteiger partial charge on any atom is 0.496 e. The van der Waals surface area contributed by atoms with Gasteiger partial charge in [0.15, 0.2) is 0 Å². The lowest BCUT2D eigenvalue weighted by Crippen LogP contribution is -2.41. The number of rotatable bonds is 2. The van der Waals surface area contributed by atoms with Gasteiger partial charge in [-0.1, -0.05) is 0 Å². The summed E-state index contributed by atoms with van der Waals surface area (Å²) in [5.74, 6) is -0.674. The van der Waals surface area contributed by atoms with Crippen LogP contribution < -0.4 is 11.0 Å². The lowest BCUT2D eigenvalue weighted by Gasteiger charge is -2.32. The Hall–Kier alpha value is -1.60. The van der Waals surface area contributed by atoms with Gasteiger partial charge in [0.25, 0.3) is 5.56 Å². The highest BCUT2D eigenvalue weighted by Crippen LogP contribution is 2.36. The van der Waals surface area contributed by atoms with Gasteiger partial charge in [-0.05, 0) is 40.2 Å². The fourth-order valence-electron chi connectivity index (χ4n) is 2.20. The van der Waals surface area contributed by atoms with Crippen molar-refractivity contribution in [1.82, 2.24) is 4.98 Å². The smallest absolute Gasteiger partial charge is 0.465 e. The summed E-state index contributed by atoms with van der Waals surface area (Å²) in [6.45, 7) is 9.44. The Morgan fingerprint density at radius 3 is 2.24 bits per heavy atom. The van der Waals surface area contributed by atoms with E-state index in [1.165, 1.54) is 13.3 Å². The summed E-state index contributed by atoms with van der Waals surface area (Å²) < 4.78 is 16.5. The van der Waals surface area contributed by atoms with Gasteiger partial charge in [-0.25, -0.2) is 4.79 Å². The quantitative estimate of drug-likeness (QED) is 0.643. The normalized spacial score (nSPS) is 19.6. The zero-order chi connectivity index (χ0) is 16.0. The topological polar surface area (TPSA) is 77.6 Å². The Balaban J connectivity index is 2.48. The third kappa shape index (κ3) is 2.51. The van der Waals surface area contributed by atoms with Crippen molar-refractivity contribution in [3.63, 3.8) is 0 Å². The molecule has 1 aromatic heterocycles. The lowest BCUT2D eigenvalue weighted by atomic mass is 9.76. The zero-order valence-electron chi connectivity index (χ0n) is 13.2. The number of pyridine rings is 1. The third-order valence-electron chi connectivity index (χ3n) is 4.29. The van der Waals surface area contributed by atoms with Crippen LogP contribution in [0.2, 0.25) is 0 Å². The standard InChI is InChI=1S/C14H20BNO5/c1-8-9(7-16-11(17)10(8)12(18)19-6)15-20-13(2,3)14(4,5)21-15/h7H,1-6H3,(H,16,17). The van der Waals surface area contributed by atoms with Crippen LogP contribution in [0.3, 0.4) is 0 Å². The molecule has 1 N–H and O–H groups in total. The molecule has 0 aliphatic carbocycles. The second kappa shape index (κ2) is 5.00. The molecule has 1 aliphatic heterocycles. The van der Waals surface area contributed by atoms with E-state index in [1.807, 2.05) is 27.7 Å². The van der Waals surface area contributed by atoms with E-state index in [4.69, 9.17) is 9.31 Å². The molecule has 114 valence electrons. The first kappa shape index (κ1) is 15.8. The van der Waals surface area contributed by atoms with Crippen molar-refractivity contribution in [2.24, 2.45) is 0 Å². The minimum absolute atomic E-state index is 0.0234. The van der Waals surface area contributed by atoms with E-state index >= 15 is 0 Å². The highest BCUT2D eigenvalue weighted by atomic mass is 16.7. The molecule has 1 aromatic rings.